The Bertz CT molecular complexity index is 840. The predicted molar refractivity (Wildman–Crippen MR) is 87.8 cm³/mol. The van der Waals surface area contributed by atoms with Gasteiger partial charge in [0.05, 0.1) is 6.33 Å². The lowest BCUT2D eigenvalue weighted by Gasteiger charge is -2.23. The molecular formula is C13H14IN5O5. The maximum Gasteiger partial charge on any atom is 0.335 e. The summed E-state index contributed by atoms with van der Waals surface area (Å²) >= 11 is 1.95. The van der Waals surface area contributed by atoms with Crippen molar-refractivity contribution in [1.82, 2.24) is 19.5 Å². The van der Waals surface area contributed by atoms with Gasteiger partial charge in [-0.15, -0.1) is 0 Å². The lowest BCUT2D eigenvalue weighted by atomic mass is 10.1. The molecule has 0 aliphatic carbocycles. The van der Waals surface area contributed by atoms with Gasteiger partial charge in [-0.2, -0.15) is 0 Å². The van der Waals surface area contributed by atoms with Crippen LogP contribution in [0.2, 0.25) is 0 Å². The SMILES string of the molecule is CC1(C)O[C@@H]2[C@@H](O1)[C@H](n1cnc3c(N)nc(I)nc31)O[C@@H]2C(=O)O. The molecular weight excluding hydrogens is 433 g/mol. The molecule has 4 rings (SSSR count). The summed E-state index contributed by atoms with van der Waals surface area (Å²) in [6, 6.07) is 0. The van der Waals surface area contributed by atoms with Gasteiger partial charge in [0, 0.05) is 22.6 Å². The molecule has 0 bridgehead atoms. The number of aromatic nitrogens is 4. The van der Waals surface area contributed by atoms with Gasteiger partial charge in [0.25, 0.3) is 0 Å². The zero-order valence-corrected chi connectivity index (χ0v) is 14.9. The van der Waals surface area contributed by atoms with E-state index in [1.165, 1.54) is 6.33 Å². The van der Waals surface area contributed by atoms with E-state index in [1.807, 2.05) is 22.6 Å². The summed E-state index contributed by atoms with van der Waals surface area (Å²) < 4.78 is 19.3. The maximum atomic E-state index is 11.5. The largest absolute Gasteiger partial charge is 0.479 e. The van der Waals surface area contributed by atoms with Crippen molar-refractivity contribution in [2.24, 2.45) is 0 Å². The second-order valence-electron chi connectivity index (χ2n) is 6.05. The minimum Gasteiger partial charge on any atom is -0.479 e. The normalized spacial score (nSPS) is 31.5. The molecule has 24 heavy (non-hydrogen) atoms. The number of hydrogen-bond donors (Lipinski definition) is 2. The van der Waals surface area contributed by atoms with E-state index < -0.39 is 36.3 Å². The summed E-state index contributed by atoms with van der Waals surface area (Å²) in [5, 5.41) is 9.42. The van der Waals surface area contributed by atoms with Crippen molar-refractivity contribution in [3.05, 3.63) is 10.2 Å². The van der Waals surface area contributed by atoms with E-state index in [0.29, 0.717) is 15.0 Å². The fourth-order valence-electron chi connectivity index (χ4n) is 3.10. The fraction of sp³-hybridized carbons (Fsp3) is 0.538. The molecule has 2 aromatic rings. The van der Waals surface area contributed by atoms with Crippen LogP contribution >= 0.6 is 22.6 Å². The number of aliphatic carboxylic acids is 1. The second kappa shape index (κ2) is 5.21. The molecule has 2 aromatic heterocycles. The third kappa shape index (κ3) is 2.34. The van der Waals surface area contributed by atoms with Gasteiger partial charge in [-0.3, -0.25) is 4.57 Å². The average Bonchev–Trinajstić information content (AvgIpc) is 3.09. The van der Waals surface area contributed by atoms with Gasteiger partial charge in [-0.25, -0.2) is 19.7 Å². The van der Waals surface area contributed by atoms with E-state index in [2.05, 4.69) is 15.0 Å². The van der Waals surface area contributed by atoms with Crippen molar-refractivity contribution in [3.63, 3.8) is 0 Å². The molecule has 4 heterocycles. The molecule has 0 aromatic carbocycles. The third-order valence-corrected chi connectivity index (χ3v) is 4.45. The first-order valence-corrected chi connectivity index (χ1v) is 8.24. The molecule has 128 valence electrons. The number of anilines is 1. The zero-order valence-electron chi connectivity index (χ0n) is 12.7. The standard InChI is InChI=1S/C13H14IN5O5/c1-13(2)23-5-6(24-13)10(22-7(5)11(20)21)19-3-16-4-8(15)17-12(14)18-9(4)19/h3,5-7,10H,1-2H3,(H,20,21)(H2,15,17,18)/t5-,6-,7+,10-/m1/s1. The quantitative estimate of drug-likeness (QED) is 0.499. The van der Waals surface area contributed by atoms with E-state index in [9.17, 15) is 9.90 Å². The molecule has 0 amide bonds. The molecule has 0 unspecified atom stereocenters. The zero-order chi connectivity index (χ0) is 17.2. The van der Waals surface area contributed by atoms with E-state index in [0.717, 1.165) is 0 Å². The van der Waals surface area contributed by atoms with E-state index in [-0.39, 0.29) is 5.82 Å². The van der Waals surface area contributed by atoms with Crippen LogP contribution < -0.4 is 5.73 Å². The highest BCUT2D eigenvalue weighted by molar-refractivity contribution is 14.1. The summed E-state index contributed by atoms with van der Waals surface area (Å²) in [6.07, 6.45) is -1.72. The summed E-state index contributed by atoms with van der Waals surface area (Å²) in [4.78, 5) is 24.1. The number of hydrogen-bond acceptors (Lipinski definition) is 8. The molecule has 2 saturated heterocycles. The minimum absolute atomic E-state index is 0.247. The van der Waals surface area contributed by atoms with Crippen molar-refractivity contribution in [1.29, 1.82) is 0 Å². The van der Waals surface area contributed by atoms with Crippen molar-refractivity contribution in [3.8, 4) is 0 Å². The summed E-state index contributed by atoms with van der Waals surface area (Å²) in [5.41, 5.74) is 6.75. The van der Waals surface area contributed by atoms with Gasteiger partial charge >= 0.3 is 5.97 Å². The highest BCUT2D eigenvalue weighted by atomic mass is 127. The van der Waals surface area contributed by atoms with Crippen molar-refractivity contribution < 1.29 is 24.1 Å². The number of carboxylic acid groups (broad SMARTS) is 1. The van der Waals surface area contributed by atoms with Gasteiger partial charge in [0.15, 0.2) is 33.4 Å². The van der Waals surface area contributed by atoms with Gasteiger partial charge in [0.1, 0.15) is 17.7 Å². The number of rotatable bonds is 2. The van der Waals surface area contributed by atoms with Crippen LogP contribution in [0.5, 0.6) is 0 Å². The van der Waals surface area contributed by atoms with Crippen molar-refractivity contribution >= 4 is 45.5 Å². The number of carboxylic acids is 1. The Balaban J connectivity index is 1.80. The van der Waals surface area contributed by atoms with Crippen LogP contribution in [0, 0.1) is 3.83 Å². The second-order valence-corrected chi connectivity index (χ2v) is 7.02. The smallest absolute Gasteiger partial charge is 0.335 e. The lowest BCUT2D eigenvalue weighted by molar-refractivity contribution is -0.202. The van der Waals surface area contributed by atoms with Crippen LogP contribution in [0.15, 0.2) is 6.33 Å². The molecule has 0 saturated carbocycles. The number of imidazole rings is 1. The summed E-state index contributed by atoms with van der Waals surface area (Å²) in [6.45, 7) is 3.47. The Labute approximate surface area is 149 Å². The number of ether oxygens (including phenoxy) is 3. The molecule has 11 heteroatoms. The molecule has 0 radical (unpaired) electrons. The van der Waals surface area contributed by atoms with Crippen LogP contribution in [0.4, 0.5) is 5.82 Å². The van der Waals surface area contributed by atoms with Crippen LogP contribution in [-0.2, 0) is 19.0 Å². The Hall–Kier alpha value is -1.57. The number of halogens is 1. The van der Waals surface area contributed by atoms with Crippen LogP contribution in [0.3, 0.4) is 0 Å². The first-order valence-electron chi connectivity index (χ1n) is 7.16. The van der Waals surface area contributed by atoms with Gasteiger partial charge in [-0.1, -0.05) is 0 Å². The Morgan fingerprint density at radius 2 is 2.08 bits per heavy atom. The van der Waals surface area contributed by atoms with Gasteiger partial charge < -0.3 is 25.1 Å². The Kier molecular flexibility index (Phi) is 3.46. The monoisotopic (exact) mass is 447 g/mol. The molecule has 2 aliphatic rings. The third-order valence-electron chi connectivity index (χ3n) is 3.97. The van der Waals surface area contributed by atoms with Crippen LogP contribution in [-0.4, -0.2) is 54.7 Å². The summed E-state index contributed by atoms with van der Waals surface area (Å²) in [7, 11) is 0. The highest BCUT2D eigenvalue weighted by Gasteiger charge is 2.58. The predicted octanol–water partition coefficient (Wildman–Crippen LogP) is 0.515. The number of carbonyl (C=O) groups is 1. The van der Waals surface area contributed by atoms with Crippen molar-refractivity contribution in [2.75, 3.05) is 5.73 Å². The van der Waals surface area contributed by atoms with Crippen LogP contribution in [0.25, 0.3) is 11.2 Å². The first kappa shape index (κ1) is 15.9. The number of fused-ring (bicyclic) bond motifs is 2. The molecule has 10 nitrogen and oxygen atoms in total. The number of nitrogens with two attached hydrogens (primary N) is 1. The fourth-order valence-corrected chi connectivity index (χ4v) is 3.58. The van der Waals surface area contributed by atoms with Crippen LogP contribution in [0.1, 0.15) is 20.1 Å². The highest BCUT2D eigenvalue weighted by Crippen LogP contribution is 2.43. The Morgan fingerprint density at radius 1 is 1.38 bits per heavy atom. The van der Waals surface area contributed by atoms with Gasteiger partial charge in [0.2, 0.25) is 0 Å². The van der Waals surface area contributed by atoms with Gasteiger partial charge in [-0.05, 0) is 13.8 Å². The molecule has 3 N–H and O–H groups in total. The van der Waals surface area contributed by atoms with E-state index in [1.54, 1.807) is 18.4 Å². The van der Waals surface area contributed by atoms with Crippen molar-refractivity contribution in [2.45, 2.75) is 44.2 Å². The van der Waals surface area contributed by atoms with E-state index >= 15 is 0 Å². The maximum absolute atomic E-state index is 11.5. The molecule has 2 fully saturated rings. The topological polar surface area (TPSA) is 135 Å². The molecule has 0 spiro atoms. The first-order chi connectivity index (χ1) is 11.3. The van der Waals surface area contributed by atoms with E-state index in [4.69, 9.17) is 19.9 Å². The average molecular weight is 447 g/mol. The molecule has 2 aliphatic heterocycles. The summed E-state index contributed by atoms with van der Waals surface area (Å²) in [5.74, 6) is -1.76. The number of nitrogens with zero attached hydrogens (tertiary/aromatic N) is 4. The minimum atomic E-state index is -1.14. The Morgan fingerprint density at radius 3 is 2.79 bits per heavy atom. The number of nitrogen functional groups attached to an aromatic ring is 1. The lowest BCUT2D eigenvalue weighted by Crippen LogP contribution is -2.35. The molecule has 4 atom stereocenters.